The van der Waals surface area contributed by atoms with Crippen LogP contribution in [0.5, 0.6) is 0 Å². The Hall–Kier alpha value is -1.16. The van der Waals surface area contributed by atoms with Gasteiger partial charge in [-0.25, -0.2) is 4.98 Å². The zero-order chi connectivity index (χ0) is 10.7. The molecule has 0 aliphatic heterocycles. The van der Waals surface area contributed by atoms with Crippen LogP contribution in [0.2, 0.25) is 0 Å². The summed E-state index contributed by atoms with van der Waals surface area (Å²) in [6, 6.07) is 1.98. The van der Waals surface area contributed by atoms with Crippen LogP contribution in [0.3, 0.4) is 0 Å². The fraction of sp³-hybridized carbons (Fsp3) is 0.400. The molecule has 0 saturated heterocycles. The Morgan fingerprint density at radius 1 is 1.57 bits per heavy atom. The molecule has 3 nitrogen and oxygen atoms in total. The van der Waals surface area contributed by atoms with Crippen LogP contribution in [0.1, 0.15) is 23.7 Å². The molecule has 0 aliphatic rings. The van der Waals surface area contributed by atoms with Gasteiger partial charge in [0, 0.05) is 12.2 Å². The number of thiocarbonyl (C=S) groups is 1. The fourth-order valence-electron chi connectivity index (χ4n) is 1.44. The predicted octanol–water partition coefficient (Wildman–Crippen LogP) is 1.76. The van der Waals surface area contributed by atoms with Crippen molar-refractivity contribution in [1.82, 2.24) is 4.98 Å². The third-order valence-corrected chi connectivity index (χ3v) is 2.14. The predicted molar refractivity (Wildman–Crippen MR) is 63.8 cm³/mol. The van der Waals surface area contributed by atoms with E-state index in [0.717, 1.165) is 29.2 Å². The van der Waals surface area contributed by atoms with Gasteiger partial charge in [0.05, 0.1) is 5.56 Å². The first-order chi connectivity index (χ1) is 6.56. The van der Waals surface area contributed by atoms with E-state index in [9.17, 15) is 0 Å². The van der Waals surface area contributed by atoms with Crippen LogP contribution in [0.25, 0.3) is 0 Å². The molecule has 0 amide bonds. The summed E-state index contributed by atoms with van der Waals surface area (Å²) in [4.78, 5) is 4.76. The molecule has 76 valence electrons. The number of nitrogens with zero attached hydrogens (tertiary/aromatic N) is 1. The van der Waals surface area contributed by atoms with E-state index < -0.39 is 0 Å². The quantitative estimate of drug-likeness (QED) is 0.745. The monoisotopic (exact) mass is 209 g/mol. The normalized spacial score (nSPS) is 9.93. The Morgan fingerprint density at radius 3 is 2.71 bits per heavy atom. The van der Waals surface area contributed by atoms with Gasteiger partial charge in [0.15, 0.2) is 0 Å². The maximum atomic E-state index is 5.65. The molecule has 1 heterocycles. The number of nitrogens with one attached hydrogen (secondary N) is 1. The first-order valence-electron chi connectivity index (χ1n) is 4.58. The van der Waals surface area contributed by atoms with Gasteiger partial charge in [0.2, 0.25) is 0 Å². The average Bonchev–Trinajstić information content (AvgIpc) is 2.01. The lowest BCUT2D eigenvalue weighted by atomic mass is 10.1. The van der Waals surface area contributed by atoms with Gasteiger partial charge in [-0.2, -0.15) is 0 Å². The van der Waals surface area contributed by atoms with E-state index in [0.29, 0.717) is 4.99 Å². The average molecular weight is 209 g/mol. The fourth-order valence-corrected chi connectivity index (χ4v) is 1.70. The van der Waals surface area contributed by atoms with Gasteiger partial charge >= 0.3 is 0 Å². The zero-order valence-electron chi connectivity index (χ0n) is 8.72. The first-order valence-corrected chi connectivity index (χ1v) is 4.99. The molecule has 0 unspecified atom stereocenters. The molecule has 0 spiro atoms. The van der Waals surface area contributed by atoms with Gasteiger partial charge in [0.25, 0.3) is 0 Å². The Bertz CT molecular complexity index is 361. The Morgan fingerprint density at radius 2 is 2.21 bits per heavy atom. The van der Waals surface area contributed by atoms with Gasteiger partial charge in [-0.05, 0) is 32.4 Å². The molecule has 4 heteroatoms. The lowest BCUT2D eigenvalue weighted by Gasteiger charge is -2.12. The second kappa shape index (κ2) is 4.37. The summed E-state index contributed by atoms with van der Waals surface area (Å²) < 4.78 is 0. The number of hydrogen-bond donors (Lipinski definition) is 2. The molecule has 1 rings (SSSR count). The van der Waals surface area contributed by atoms with Crippen molar-refractivity contribution in [2.45, 2.75) is 20.8 Å². The number of hydrogen-bond acceptors (Lipinski definition) is 3. The van der Waals surface area contributed by atoms with Crippen LogP contribution in [0.15, 0.2) is 6.07 Å². The third-order valence-electron chi connectivity index (χ3n) is 1.94. The summed E-state index contributed by atoms with van der Waals surface area (Å²) in [5.74, 6) is 0.789. The van der Waals surface area contributed by atoms with Gasteiger partial charge in [-0.15, -0.1) is 0 Å². The highest BCUT2D eigenvalue weighted by molar-refractivity contribution is 7.80. The molecule has 1 aromatic heterocycles. The molecule has 0 bridgehead atoms. The summed E-state index contributed by atoms with van der Waals surface area (Å²) in [6.45, 7) is 6.77. The second-order valence-electron chi connectivity index (χ2n) is 3.20. The maximum Gasteiger partial charge on any atom is 0.136 e. The molecule has 0 radical (unpaired) electrons. The smallest absolute Gasteiger partial charge is 0.136 e. The number of rotatable bonds is 3. The van der Waals surface area contributed by atoms with E-state index in [1.165, 1.54) is 0 Å². The van der Waals surface area contributed by atoms with E-state index in [-0.39, 0.29) is 0 Å². The molecular weight excluding hydrogens is 194 g/mol. The van der Waals surface area contributed by atoms with E-state index in [1.54, 1.807) is 0 Å². The van der Waals surface area contributed by atoms with Crippen molar-refractivity contribution in [2.24, 2.45) is 5.73 Å². The second-order valence-corrected chi connectivity index (χ2v) is 3.64. The molecule has 0 aliphatic carbocycles. The van der Waals surface area contributed by atoms with E-state index >= 15 is 0 Å². The molecule has 0 saturated carbocycles. The van der Waals surface area contributed by atoms with Gasteiger partial charge < -0.3 is 11.1 Å². The summed E-state index contributed by atoms with van der Waals surface area (Å²) in [5, 5.41) is 3.16. The molecule has 0 fully saturated rings. The summed E-state index contributed by atoms with van der Waals surface area (Å²) in [6.07, 6.45) is 0. The van der Waals surface area contributed by atoms with Crippen molar-refractivity contribution in [2.75, 3.05) is 11.9 Å². The van der Waals surface area contributed by atoms with Crippen LogP contribution >= 0.6 is 12.2 Å². The van der Waals surface area contributed by atoms with E-state index in [2.05, 4.69) is 10.3 Å². The first kappa shape index (κ1) is 10.9. The summed E-state index contributed by atoms with van der Waals surface area (Å²) in [7, 11) is 0. The molecule has 14 heavy (non-hydrogen) atoms. The van der Waals surface area contributed by atoms with Crippen LogP contribution < -0.4 is 11.1 Å². The number of aryl methyl sites for hydroxylation is 2. The third kappa shape index (κ3) is 2.20. The highest BCUT2D eigenvalue weighted by Crippen LogP contribution is 2.18. The lowest BCUT2D eigenvalue weighted by Crippen LogP contribution is -2.16. The Balaban J connectivity index is 3.28. The van der Waals surface area contributed by atoms with Gasteiger partial charge in [0.1, 0.15) is 10.8 Å². The highest BCUT2D eigenvalue weighted by atomic mass is 32.1. The van der Waals surface area contributed by atoms with Crippen molar-refractivity contribution < 1.29 is 0 Å². The van der Waals surface area contributed by atoms with Crippen molar-refractivity contribution in [1.29, 1.82) is 0 Å². The number of anilines is 1. The van der Waals surface area contributed by atoms with E-state index in [1.807, 2.05) is 26.8 Å². The molecule has 0 aromatic carbocycles. The highest BCUT2D eigenvalue weighted by Gasteiger charge is 2.09. The van der Waals surface area contributed by atoms with Gasteiger partial charge in [-0.3, -0.25) is 0 Å². The van der Waals surface area contributed by atoms with Crippen molar-refractivity contribution in [3.63, 3.8) is 0 Å². The van der Waals surface area contributed by atoms with Gasteiger partial charge in [-0.1, -0.05) is 12.2 Å². The molecule has 3 N–H and O–H groups in total. The molecule has 0 atom stereocenters. The zero-order valence-corrected chi connectivity index (χ0v) is 9.53. The van der Waals surface area contributed by atoms with Crippen LogP contribution in [0, 0.1) is 13.8 Å². The van der Waals surface area contributed by atoms with Crippen molar-refractivity contribution in [3.05, 3.63) is 22.9 Å². The molecule has 1 aromatic rings. The minimum Gasteiger partial charge on any atom is -0.389 e. The van der Waals surface area contributed by atoms with Crippen molar-refractivity contribution in [3.8, 4) is 0 Å². The lowest BCUT2D eigenvalue weighted by molar-refractivity contribution is 1.11. The maximum absolute atomic E-state index is 5.65. The Kier molecular flexibility index (Phi) is 3.41. The number of nitrogens with two attached hydrogens (primary N) is 1. The minimum absolute atomic E-state index is 0.394. The van der Waals surface area contributed by atoms with Crippen LogP contribution in [-0.4, -0.2) is 16.5 Å². The number of pyridine rings is 1. The summed E-state index contributed by atoms with van der Waals surface area (Å²) >= 11 is 4.99. The van der Waals surface area contributed by atoms with Crippen molar-refractivity contribution >= 4 is 23.0 Å². The topological polar surface area (TPSA) is 50.9 Å². The largest absolute Gasteiger partial charge is 0.389 e. The number of aromatic nitrogens is 1. The molecular formula is C10H15N3S. The minimum atomic E-state index is 0.394. The van der Waals surface area contributed by atoms with Crippen LogP contribution in [0.4, 0.5) is 5.82 Å². The van der Waals surface area contributed by atoms with Crippen LogP contribution in [-0.2, 0) is 0 Å². The standard InChI is InChI=1S/C10H15N3S/c1-4-12-10-8(9(11)14)6(2)5-7(3)13-10/h5H,4H2,1-3H3,(H2,11,14)(H,12,13). The SMILES string of the molecule is CCNc1nc(C)cc(C)c1C(N)=S. The summed E-state index contributed by atoms with van der Waals surface area (Å²) in [5.41, 5.74) is 8.54. The van der Waals surface area contributed by atoms with E-state index in [4.69, 9.17) is 18.0 Å². The Labute approximate surface area is 89.7 Å².